The molecule has 0 aromatic carbocycles. The van der Waals surface area contributed by atoms with Crippen LogP contribution in [-0.2, 0) is 11.3 Å². The van der Waals surface area contributed by atoms with Crippen LogP contribution in [-0.4, -0.2) is 52.9 Å². The number of piperazine rings is 1. The monoisotopic (exact) mass is 348 g/mol. The summed E-state index contributed by atoms with van der Waals surface area (Å²) in [6.45, 7) is 4.56. The molecule has 4 rings (SSSR count). The number of aromatic nitrogens is 1. The second-order valence-electron chi connectivity index (χ2n) is 7.78. The van der Waals surface area contributed by atoms with Crippen LogP contribution in [0.15, 0.2) is 10.9 Å². The second-order valence-corrected chi connectivity index (χ2v) is 8.50. The topological polar surface area (TPSA) is 62.5 Å². The van der Waals surface area contributed by atoms with E-state index in [4.69, 9.17) is 5.73 Å². The van der Waals surface area contributed by atoms with Gasteiger partial charge in [-0.25, -0.2) is 4.98 Å². The van der Waals surface area contributed by atoms with E-state index in [0.717, 1.165) is 51.3 Å². The van der Waals surface area contributed by atoms with Crippen molar-refractivity contribution in [1.82, 2.24) is 14.8 Å². The Hall–Kier alpha value is -0.980. The Morgan fingerprint density at radius 1 is 1.21 bits per heavy atom. The first kappa shape index (κ1) is 16.5. The first-order valence-electron chi connectivity index (χ1n) is 9.34. The minimum atomic E-state index is 0.227. The van der Waals surface area contributed by atoms with Crippen LogP contribution in [0, 0.1) is 17.8 Å². The molecule has 0 spiro atoms. The maximum Gasteiger partial charge on any atom is 0.225 e. The molecule has 1 aromatic heterocycles. The van der Waals surface area contributed by atoms with Gasteiger partial charge in [0.15, 0.2) is 0 Å². The van der Waals surface area contributed by atoms with Gasteiger partial charge in [-0.05, 0) is 37.5 Å². The molecule has 2 atom stereocenters. The summed E-state index contributed by atoms with van der Waals surface area (Å²) in [7, 11) is 0. The van der Waals surface area contributed by atoms with Gasteiger partial charge in [-0.2, -0.15) is 0 Å². The number of nitrogens with two attached hydrogens (primary N) is 1. The van der Waals surface area contributed by atoms with Gasteiger partial charge in [0.05, 0.1) is 11.2 Å². The lowest BCUT2D eigenvalue weighted by atomic mass is 9.65. The van der Waals surface area contributed by atoms with E-state index in [1.54, 1.807) is 11.3 Å². The van der Waals surface area contributed by atoms with Crippen LogP contribution in [0.2, 0.25) is 0 Å². The minimum absolute atomic E-state index is 0.227. The third-order valence-electron chi connectivity index (χ3n) is 6.32. The standard InChI is InChI=1S/C18H28N4OS/c19-17-13-2-1-3-14(17)9-15(8-13)18(23)22-6-4-21(5-7-22)10-16-11-24-12-20-16/h11-15,17H,1-10,19H2. The zero-order valence-corrected chi connectivity index (χ0v) is 15.1. The summed E-state index contributed by atoms with van der Waals surface area (Å²) in [5.41, 5.74) is 9.41. The highest BCUT2D eigenvalue weighted by molar-refractivity contribution is 7.07. The molecule has 1 saturated heterocycles. The number of hydrogen-bond donors (Lipinski definition) is 1. The number of carbonyl (C=O) groups excluding carboxylic acids is 1. The van der Waals surface area contributed by atoms with E-state index < -0.39 is 0 Å². The average Bonchev–Trinajstić information content (AvgIpc) is 3.08. The van der Waals surface area contributed by atoms with Gasteiger partial charge >= 0.3 is 0 Å². The summed E-state index contributed by atoms with van der Waals surface area (Å²) >= 11 is 1.65. The first-order chi connectivity index (χ1) is 11.7. The van der Waals surface area contributed by atoms with Gasteiger partial charge in [0.1, 0.15) is 0 Å². The summed E-state index contributed by atoms with van der Waals surface area (Å²) in [4.78, 5) is 21.8. The van der Waals surface area contributed by atoms with Crippen molar-refractivity contribution >= 4 is 17.2 Å². The van der Waals surface area contributed by atoms with Gasteiger partial charge in [-0.15, -0.1) is 11.3 Å². The molecule has 132 valence electrons. The SMILES string of the molecule is NC1C2CCCC1CC(C(=O)N1CCN(Cc3cscn3)CC1)C2. The fourth-order valence-electron chi connectivity index (χ4n) is 4.92. The number of rotatable bonds is 3. The molecule has 1 amide bonds. The molecule has 3 fully saturated rings. The molecule has 0 radical (unpaired) electrons. The highest BCUT2D eigenvalue weighted by Crippen LogP contribution is 2.42. The molecule has 5 nitrogen and oxygen atoms in total. The van der Waals surface area contributed by atoms with Crippen LogP contribution in [0.5, 0.6) is 0 Å². The number of thiazole rings is 1. The predicted octanol–water partition coefficient (Wildman–Crippen LogP) is 1.94. The number of fused-ring (bicyclic) bond motifs is 2. The Bertz CT molecular complexity index is 541. The fourth-order valence-corrected chi connectivity index (χ4v) is 5.47. The summed E-state index contributed by atoms with van der Waals surface area (Å²) in [5.74, 6) is 1.78. The lowest BCUT2D eigenvalue weighted by Crippen LogP contribution is -2.53. The van der Waals surface area contributed by atoms with Crippen LogP contribution >= 0.6 is 11.3 Å². The Morgan fingerprint density at radius 2 is 1.92 bits per heavy atom. The lowest BCUT2D eigenvalue weighted by molar-refractivity contribution is -0.140. The van der Waals surface area contributed by atoms with Crippen molar-refractivity contribution in [3.63, 3.8) is 0 Å². The predicted molar refractivity (Wildman–Crippen MR) is 95.5 cm³/mol. The Balaban J connectivity index is 1.30. The third-order valence-corrected chi connectivity index (χ3v) is 6.95. The van der Waals surface area contributed by atoms with E-state index in [1.165, 1.54) is 19.3 Å². The van der Waals surface area contributed by atoms with E-state index in [9.17, 15) is 4.79 Å². The van der Waals surface area contributed by atoms with E-state index in [0.29, 0.717) is 23.8 Å². The summed E-state index contributed by atoms with van der Waals surface area (Å²) in [5, 5.41) is 2.11. The van der Waals surface area contributed by atoms with Crippen LogP contribution in [0.4, 0.5) is 0 Å². The van der Waals surface area contributed by atoms with Gasteiger partial charge < -0.3 is 10.6 Å². The lowest BCUT2D eigenvalue weighted by Gasteiger charge is -2.45. The molecule has 24 heavy (non-hydrogen) atoms. The maximum atomic E-state index is 13.0. The van der Waals surface area contributed by atoms with Gasteiger partial charge in [0.25, 0.3) is 0 Å². The van der Waals surface area contributed by atoms with E-state index in [1.807, 2.05) is 5.51 Å². The molecule has 1 aliphatic heterocycles. The van der Waals surface area contributed by atoms with Gasteiger partial charge in [-0.1, -0.05) is 6.42 Å². The minimum Gasteiger partial charge on any atom is -0.340 e. The zero-order valence-electron chi connectivity index (χ0n) is 14.3. The second kappa shape index (κ2) is 7.10. The highest BCUT2D eigenvalue weighted by Gasteiger charge is 2.41. The van der Waals surface area contributed by atoms with E-state index in [2.05, 4.69) is 20.2 Å². The van der Waals surface area contributed by atoms with Gasteiger partial charge in [0.2, 0.25) is 5.91 Å². The van der Waals surface area contributed by atoms with Crippen molar-refractivity contribution in [3.05, 3.63) is 16.6 Å². The highest BCUT2D eigenvalue weighted by atomic mass is 32.1. The van der Waals surface area contributed by atoms with Crippen molar-refractivity contribution in [2.24, 2.45) is 23.5 Å². The largest absolute Gasteiger partial charge is 0.340 e. The smallest absolute Gasteiger partial charge is 0.225 e. The van der Waals surface area contributed by atoms with Crippen LogP contribution in [0.1, 0.15) is 37.8 Å². The molecule has 2 aliphatic carbocycles. The van der Waals surface area contributed by atoms with Crippen molar-refractivity contribution in [2.45, 2.75) is 44.7 Å². The van der Waals surface area contributed by atoms with E-state index >= 15 is 0 Å². The zero-order chi connectivity index (χ0) is 16.5. The normalized spacial score (nSPS) is 34.3. The van der Waals surface area contributed by atoms with Crippen molar-refractivity contribution in [1.29, 1.82) is 0 Å². The number of amides is 1. The summed E-state index contributed by atoms with van der Waals surface area (Å²) in [6.07, 6.45) is 5.80. The average molecular weight is 349 g/mol. The molecular weight excluding hydrogens is 320 g/mol. The number of carbonyl (C=O) groups is 1. The van der Waals surface area contributed by atoms with Crippen LogP contribution in [0.25, 0.3) is 0 Å². The van der Waals surface area contributed by atoms with Crippen molar-refractivity contribution < 1.29 is 4.79 Å². The molecule has 2 unspecified atom stereocenters. The molecule has 1 aromatic rings. The molecule has 2 heterocycles. The third kappa shape index (κ3) is 3.37. The molecule has 2 saturated carbocycles. The number of nitrogens with zero attached hydrogens (tertiary/aromatic N) is 3. The summed E-state index contributed by atoms with van der Waals surface area (Å²) < 4.78 is 0. The first-order valence-corrected chi connectivity index (χ1v) is 10.3. The fraction of sp³-hybridized carbons (Fsp3) is 0.778. The molecule has 3 aliphatic rings. The molecule has 2 bridgehead atoms. The molecular formula is C18H28N4OS. The Morgan fingerprint density at radius 3 is 2.54 bits per heavy atom. The van der Waals surface area contributed by atoms with Crippen LogP contribution in [0.3, 0.4) is 0 Å². The van der Waals surface area contributed by atoms with Crippen molar-refractivity contribution in [2.75, 3.05) is 26.2 Å². The molecule has 6 heteroatoms. The number of hydrogen-bond acceptors (Lipinski definition) is 5. The Labute approximate surface area is 148 Å². The quantitative estimate of drug-likeness (QED) is 0.907. The summed E-state index contributed by atoms with van der Waals surface area (Å²) in [6, 6.07) is 0.345. The van der Waals surface area contributed by atoms with Crippen molar-refractivity contribution in [3.8, 4) is 0 Å². The maximum absolute atomic E-state index is 13.0. The van der Waals surface area contributed by atoms with E-state index in [-0.39, 0.29) is 5.92 Å². The van der Waals surface area contributed by atoms with Crippen LogP contribution < -0.4 is 5.73 Å². The van der Waals surface area contributed by atoms with Gasteiger partial charge in [0, 0.05) is 50.1 Å². The van der Waals surface area contributed by atoms with Gasteiger partial charge in [-0.3, -0.25) is 9.69 Å². The Kier molecular flexibility index (Phi) is 4.88. The molecule has 2 N–H and O–H groups in total.